The fraction of sp³-hybridized carbons (Fsp3) is 0.208. The van der Waals surface area contributed by atoms with E-state index in [2.05, 4.69) is 34.5 Å². The lowest BCUT2D eigenvalue weighted by molar-refractivity contribution is 0.339. The summed E-state index contributed by atoms with van der Waals surface area (Å²) < 4.78 is 17.4. The van der Waals surface area contributed by atoms with Crippen molar-refractivity contribution in [2.45, 2.75) is 26.7 Å². The van der Waals surface area contributed by atoms with Crippen molar-refractivity contribution in [3.05, 3.63) is 91.0 Å². The Morgan fingerprint density at radius 2 is 1.83 bits per heavy atom. The molecule has 6 nitrogen and oxygen atoms in total. The van der Waals surface area contributed by atoms with Gasteiger partial charge in [0, 0.05) is 0 Å². The number of hydrogen-bond acceptors (Lipinski definition) is 6. The molecule has 0 aliphatic heterocycles. The molecule has 1 atom stereocenters. The van der Waals surface area contributed by atoms with Crippen LogP contribution >= 0.6 is 0 Å². The highest BCUT2D eigenvalue weighted by molar-refractivity contribution is 5.27. The normalized spacial score (nSPS) is 16.3. The summed E-state index contributed by atoms with van der Waals surface area (Å²) in [7, 11) is 0. The molecule has 1 heterocycles. The molecule has 6 heteroatoms. The third-order valence-corrected chi connectivity index (χ3v) is 4.02. The Morgan fingerprint density at radius 3 is 2.50 bits per heavy atom. The van der Waals surface area contributed by atoms with Gasteiger partial charge in [-0.2, -0.15) is 0 Å². The van der Waals surface area contributed by atoms with Crippen LogP contribution in [0.25, 0.3) is 0 Å². The third kappa shape index (κ3) is 6.44. The van der Waals surface area contributed by atoms with Crippen LogP contribution in [0.4, 0.5) is 0 Å². The fourth-order valence-corrected chi connectivity index (χ4v) is 2.52. The van der Waals surface area contributed by atoms with Crippen LogP contribution in [0.5, 0.6) is 23.8 Å². The molecule has 2 aromatic rings. The molecular weight excluding hydrogens is 378 g/mol. The predicted octanol–water partition coefficient (Wildman–Crippen LogP) is 5.94. The molecule has 30 heavy (non-hydrogen) atoms. The lowest BCUT2D eigenvalue weighted by atomic mass is 10.0. The Labute approximate surface area is 177 Å². The summed E-state index contributed by atoms with van der Waals surface area (Å²) in [4.78, 5) is 12.8. The average molecular weight is 403 g/mol. The Hall–Kier alpha value is -3.67. The second kappa shape index (κ2) is 10.8. The summed E-state index contributed by atoms with van der Waals surface area (Å²) in [5.74, 6) is 2.28. The molecule has 3 rings (SSSR count). The molecule has 0 bridgehead atoms. The van der Waals surface area contributed by atoms with Crippen LogP contribution in [-0.2, 0) is 0 Å². The van der Waals surface area contributed by atoms with E-state index in [1.807, 2.05) is 61.6 Å². The molecule has 1 unspecified atom stereocenters. The average Bonchev–Trinajstić information content (AvgIpc) is 2.74. The van der Waals surface area contributed by atoms with E-state index in [0.717, 1.165) is 12.8 Å². The SMILES string of the molecule is C=C/C=C(\C=C/CC)Oc1nc(OC2=CCC(C)C=C2)nc(Oc2ccccc2)n1. The van der Waals surface area contributed by atoms with Crippen molar-refractivity contribution in [3.63, 3.8) is 0 Å². The van der Waals surface area contributed by atoms with Gasteiger partial charge >= 0.3 is 18.0 Å². The summed E-state index contributed by atoms with van der Waals surface area (Å²) in [5, 5.41) is 0. The number of aromatic nitrogens is 3. The smallest absolute Gasteiger partial charge is 0.331 e. The van der Waals surface area contributed by atoms with E-state index in [-0.39, 0.29) is 18.0 Å². The standard InChI is InChI=1S/C24H25N3O3/c1-4-6-11-19(10-5-2)28-22-25-23(29-20-12-8-7-9-13-20)27-24(26-22)30-21-16-14-18(3)15-17-21/h5-14,16-18H,2,4,15H2,1,3H3/b11-6-,19-10+. The van der Waals surface area contributed by atoms with Gasteiger partial charge in [-0.15, -0.1) is 15.0 Å². The number of nitrogens with zero attached hydrogens (tertiary/aromatic N) is 3. The van der Waals surface area contributed by atoms with Crippen LogP contribution in [0, 0.1) is 5.92 Å². The molecule has 1 aliphatic carbocycles. The Bertz CT molecular complexity index is 978. The fourth-order valence-electron chi connectivity index (χ4n) is 2.52. The van der Waals surface area contributed by atoms with Gasteiger partial charge in [0.25, 0.3) is 0 Å². The molecule has 0 spiro atoms. The van der Waals surface area contributed by atoms with E-state index >= 15 is 0 Å². The van der Waals surface area contributed by atoms with Crippen molar-refractivity contribution < 1.29 is 14.2 Å². The highest BCUT2D eigenvalue weighted by Crippen LogP contribution is 2.24. The number of allylic oxidation sites excluding steroid dienone is 7. The molecule has 0 N–H and O–H groups in total. The monoisotopic (exact) mass is 403 g/mol. The number of ether oxygens (including phenoxy) is 3. The number of hydrogen-bond donors (Lipinski definition) is 0. The van der Waals surface area contributed by atoms with Gasteiger partial charge in [-0.1, -0.05) is 56.9 Å². The molecule has 0 fully saturated rings. The number of rotatable bonds is 9. The van der Waals surface area contributed by atoms with Gasteiger partial charge in [0.2, 0.25) is 0 Å². The van der Waals surface area contributed by atoms with Crippen molar-refractivity contribution >= 4 is 0 Å². The lowest BCUT2D eigenvalue weighted by Crippen LogP contribution is -2.06. The second-order valence-corrected chi connectivity index (χ2v) is 6.60. The van der Waals surface area contributed by atoms with E-state index in [1.54, 1.807) is 12.2 Å². The molecule has 1 aliphatic rings. The molecule has 0 amide bonds. The summed E-state index contributed by atoms with van der Waals surface area (Å²) in [5.41, 5.74) is 0. The summed E-state index contributed by atoms with van der Waals surface area (Å²) in [6, 6.07) is 9.49. The minimum absolute atomic E-state index is 0.0635. The maximum absolute atomic E-state index is 5.84. The van der Waals surface area contributed by atoms with Gasteiger partial charge in [0.15, 0.2) is 0 Å². The quantitative estimate of drug-likeness (QED) is 0.381. The van der Waals surface area contributed by atoms with Gasteiger partial charge < -0.3 is 14.2 Å². The molecule has 0 radical (unpaired) electrons. The van der Waals surface area contributed by atoms with Crippen LogP contribution in [0.2, 0.25) is 0 Å². The highest BCUT2D eigenvalue weighted by atomic mass is 16.5. The van der Waals surface area contributed by atoms with Crippen molar-refractivity contribution in [3.8, 4) is 23.8 Å². The van der Waals surface area contributed by atoms with Crippen molar-refractivity contribution in [1.82, 2.24) is 15.0 Å². The first kappa shape index (κ1) is 21.0. The van der Waals surface area contributed by atoms with E-state index in [1.165, 1.54) is 0 Å². The third-order valence-electron chi connectivity index (χ3n) is 4.02. The predicted molar refractivity (Wildman–Crippen MR) is 116 cm³/mol. The van der Waals surface area contributed by atoms with Crippen molar-refractivity contribution in [1.29, 1.82) is 0 Å². The van der Waals surface area contributed by atoms with Crippen LogP contribution in [0.1, 0.15) is 26.7 Å². The maximum Gasteiger partial charge on any atom is 0.331 e. The minimum Gasteiger partial charge on any atom is -0.424 e. The number of benzene rings is 1. The van der Waals surface area contributed by atoms with Crippen LogP contribution in [-0.4, -0.2) is 15.0 Å². The zero-order valence-electron chi connectivity index (χ0n) is 17.2. The van der Waals surface area contributed by atoms with Gasteiger partial charge in [-0.3, -0.25) is 0 Å². The molecule has 1 aromatic carbocycles. The minimum atomic E-state index is 0.0635. The van der Waals surface area contributed by atoms with Crippen molar-refractivity contribution in [2.24, 2.45) is 5.92 Å². The molecular formula is C24H25N3O3. The van der Waals surface area contributed by atoms with E-state index < -0.39 is 0 Å². The molecule has 0 saturated carbocycles. The Balaban J connectivity index is 1.89. The van der Waals surface area contributed by atoms with E-state index in [4.69, 9.17) is 14.2 Å². The molecule has 154 valence electrons. The lowest BCUT2D eigenvalue weighted by Gasteiger charge is -2.13. The van der Waals surface area contributed by atoms with Crippen molar-refractivity contribution in [2.75, 3.05) is 0 Å². The van der Waals surface area contributed by atoms with Crippen LogP contribution in [0.15, 0.2) is 91.0 Å². The van der Waals surface area contributed by atoms with E-state index in [0.29, 0.717) is 23.2 Å². The van der Waals surface area contributed by atoms with Gasteiger partial charge in [0.1, 0.15) is 17.3 Å². The van der Waals surface area contributed by atoms with Crippen LogP contribution < -0.4 is 14.2 Å². The largest absolute Gasteiger partial charge is 0.424 e. The zero-order chi connectivity index (χ0) is 21.2. The topological polar surface area (TPSA) is 66.4 Å². The first-order valence-electron chi connectivity index (χ1n) is 9.88. The first-order chi connectivity index (χ1) is 14.7. The Morgan fingerprint density at radius 1 is 1.10 bits per heavy atom. The number of para-hydroxylation sites is 1. The highest BCUT2D eigenvalue weighted by Gasteiger charge is 2.14. The van der Waals surface area contributed by atoms with Gasteiger partial charge in [-0.25, -0.2) is 0 Å². The molecule has 0 saturated heterocycles. The van der Waals surface area contributed by atoms with Crippen LogP contribution in [0.3, 0.4) is 0 Å². The van der Waals surface area contributed by atoms with Gasteiger partial charge in [-0.05, 0) is 55.2 Å². The maximum atomic E-state index is 5.84. The second-order valence-electron chi connectivity index (χ2n) is 6.60. The first-order valence-corrected chi connectivity index (χ1v) is 9.88. The molecule has 1 aromatic heterocycles. The summed E-state index contributed by atoms with van der Waals surface area (Å²) in [6.45, 7) is 7.89. The Kier molecular flexibility index (Phi) is 7.55. The summed E-state index contributed by atoms with van der Waals surface area (Å²) in [6.07, 6.45) is 14.9. The zero-order valence-corrected chi connectivity index (χ0v) is 17.2. The van der Waals surface area contributed by atoms with Gasteiger partial charge in [0.05, 0.1) is 0 Å². The summed E-state index contributed by atoms with van der Waals surface area (Å²) >= 11 is 0. The van der Waals surface area contributed by atoms with E-state index in [9.17, 15) is 0 Å².